The molecule has 0 spiro atoms. The summed E-state index contributed by atoms with van der Waals surface area (Å²) in [7, 11) is 0. The maximum Gasteiger partial charge on any atom is 0.234 e. The van der Waals surface area contributed by atoms with E-state index in [4.69, 9.17) is 0 Å². The summed E-state index contributed by atoms with van der Waals surface area (Å²) in [4.78, 5) is 20.8. The highest BCUT2D eigenvalue weighted by Crippen LogP contribution is 2.39. The number of piperazine rings is 1. The number of amides is 1. The van der Waals surface area contributed by atoms with Crippen LogP contribution in [0.4, 0.5) is 5.13 Å². The summed E-state index contributed by atoms with van der Waals surface area (Å²) in [6.07, 6.45) is 4.18. The molecule has 1 amide bonds. The first-order chi connectivity index (χ1) is 10.3. The van der Waals surface area contributed by atoms with Gasteiger partial charge in [-0.1, -0.05) is 6.08 Å². The fourth-order valence-corrected chi connectivity index (χ4v) is 3.20. The molecule has 0 aromatic carbocycles. The van der Waals surface area contributed by atoms with E-state index in [1.54, 1.807) is 6.08 Å². The van der Waals surface area contributed by atoms with Crippen molar-refractivity contribution in [2.24, 2.45) is 0 Å². The average Bonchev–Trinajstić information content (AvgIpc) is 3.24. The van der Waals surface area contributed by atoms with Gasteiger partial charge in [-0.05, 0) is 12.8 Å². The summed E-state index contributed by atoms with van der Waals surface area (Å²) >= 11 is 1.51. The molecule has 1 aliphatic heterocycles. The van der Waals surface area contributed by atoms with E-state index in [-0.39, 0.29) is 5.91 Å². The molecule has 114 valence electrons. The van der Waals surface area contributed by atoms with Crippen LogP contribution in [0.2, 0.25) is 0 Å². The van der Waals surface area contributed by atoms with E-state index < -0.39 is 0 Å². The molecule has 1 aliphatic carbocycles. The van der Waals surface area contributed by atoms with Gasteiger partial charge in [0.05, 0.1) is 6.54 Å². The Balaban J connectivity index is 1.45. The van der Waals surface area contributed by atoms with Gasteiger partial charge in [-0.3, -0.25) is 9.69 Å². The lowest BCUT2D eigenvalue weighted by Crippen LogP contribution is -2.49. The topological polar surface area (TPSA) is 61.4 Å². The first kappa shape index (κ1) is 14.5. The Morgan fingerprint density at radius 2 is 2.14 bits per heavy atom. The maximum absolute atomic E-state index is 11.7. The van der Waals surface area contributed by atoms with Crippen molar-refractivity contribution in [3.8, 4) is 0 Å². The second-order valence-electron chi connectivity index (χ2n) is 5.57. The monoisotopic (exact) mass is 307 g/mol. The van der Waals surface area contributed by atoms with Gasteiger partial charge >= 0.3 is 0 Å². The molecular formula is C14H21N5OS. The maximum atomic E-state index is 11.7. The highest BCUT2D eigenvalue weighted by Gasteiger charge is 2.29. The number of carbonyl (C=O) groups excluding carboxylic acids is 1. The van der Waals surface area contributed by atoms with Gasteiger partial charge in [0, 0.05) is 50.2 Å². The van der Waals surface area contributed by atoms with Crippen molar-refractivity contribution in [3.63, 3.8) is 0 Å². The zero-order valence-corrected chi connectivity index (χ0v) is 12.9. The van der Waals surface area contributed by atoms with Gasteiger partial charge in [0.2, 0.25) is 11.0 Å². The third-order valence-corrected chi connectivity index (χ3v) is 4.62. The minimum Gasteiger partial charge on any atom is -0.352 e. The highest BCUT2D eigenvalue weighted by atomic mass is 32.1. The van der Waals surface area contributed by atoms with Crippen LogP contribution < -0.4 is 10.2 Å². The zero-order valence-electron chi connectivity index (χ0n) is 12.1. The van der Waals surface area contributed by atoms with E-state index in [0.717, 1.165) is 37.1 Å². The number of hydrogen-bond acceptors (Lipinski definition) is 6. The third kappa shape index (κ3) is 3.79. The normalized spacial score (nSPS) is 19.5. The van der Waals surface area contributed by atoms with Gasteiger partial charge in [-0.2, -0.15) is 4.37 Å². The van der Waals surface area contributed by atoms with Crippen molar-refractivity contribution < 1.29 is 4.79 Å². The van der Waals surface area contributed by atoms with E-state index in [1.165, 1.54) is 24.4 Å². The molecule has 3 rings (SSSR count). The lowest BCUT2D eigenvalue weighted by Gasteiger charge is -2.33. The first-order valence-corrected chi connectivity index (χ1v) is 8.22. The van der Waals surface area contributed by atoms with Crippen LogP contribution in [0, 0.1) is 0 Å². The molecule has 2 heterocycles. The quantitative estimate of drug-likeness (QED) is 0.789. The van der Waals surface area contributed by atoms with Crippen LogP contribution in [0.1, 0.15) is 24.6 Å². The molecule has 2 aliphatic rings. The van der Waals surface area contributed by atoms with Crippen LogP contribution in [-0.2, 0) is 4.79 Å². The fourth-order valence-electron chi connectivity index (χ4n) is 2.40. The van der Waals surface area contributed by atoms with Crippen molar-refractivity contribution >= 4 is 22.6 Å². The SMILES string of the molecule is C=CCNC(=O)CN1CCN(c2nc(C3CC3)ns2)CC1. The Bertz CT molecular complexity index is 505. The van der Waals surface area contributed by atoms with E-state index in [0.29, 0.717) is 19.0 Å². The number of hydrogen-bond donors (Lipinski definition) is 1. The number of carbonyl (C=O) groups is 1. The van der Waals surface area contributed by atoms with E-state index in [1.807, 2.05) is 0 Å². The van der Waals surface area contributed by atoms with Crippen LogP contribution in [0.25, 0.3) is 0 Å². The summed E-state index contributed by atoms with van der Waals surface area (Å²) in [5.74, 6) is 1.71. The van der Waals surface area contributed by atoms with Gasteiger partial charge < -0.3 is 10.2 Å². The number of nitrogens with zero attached hydrogens (tertiary/aromatic N) is 4. The molecule has 1 saturated carbocycles. The van der Waals surface area contributed by atoms with Crippen molar-refractivity contribution in [2.75, 3.05) is 44.2 Å². The molecule has 21 heavy (non-hydrogen) atoms. The Hall–Kier alpha value is -1.47. The van der Waals surface area contributed by atoms with Gasteiger partial charge in [0.25, 0.3) is 0 Å². The van der Waals surface area contributed by atoms with Crippen molar-refractivity contribution in [2.45, 2.75) is 18.8 Å². The minimum atomic E-state index is 0.0651. The second-order valence-corrected chi connectivity index (χ2v) is 6.30. The van der Waals surface area contributed by atoms with Crippen LogP contribution in [-0.4, -0.2) is 59.4 Å². The van der Waals surface area contributed by atoms with E-state index in [9.17, 15) is 4.79 Å². The average molecular weight is 307 g/mol. The standard InChI is InChI=1S/C14H21N5OS/c1-2-5-15-12(20)10-18-6-8-19(9-7-18)14-16-13(17-21-14)11-3-4-11/h2,11H,1,3-10H2,(H,15,20). The molecule has 0 unspecified atom stereocenters. The zero-order chi connectivity index (χ0) is 14.7. The number of aromatic nitrogens is 2. The van der Waals surface area contributed by atoms with E-state index >= 15 is 0 Å². The third-order valence-electron chi connectivity index (χ3n) is 3.83. The molecule has 2 fully saturated rings. The summed E-state index contributed by atoms with van der Waals surface area (Å²) in [5.41, 5.74) is 0. The Morgan fingerprint density at radius 1 is 1.38 bits per heavy atom. The molecule has 7 heteroatoms. The lowest BCUT2D eigenvalue weighted by molar-refractivity contribution is -0.122. The van der Waals surface area contributed by atoms with Gasteiger partial charge in [-0.25, -0.2) is 4.98 Å². The highest BCUT2D eigenvalue weighted by molar-refractivity contribution is 7.09. The summed E-state index contributed by atoms with van der Waals surface area (Å²) in [6.45, 7) is 8.19. The summed E-state index contributed by atoms with van der Waals surface area (Å²) in [5, 5.41) is 3.85. The van der Waals surface area contributed by atoms with Crippen molar-refractivity contribution in [1.82, 2.24) is 19.6 Å². The van der Waals surface area contributed by atoms with E-state index in [2.05, 4.69) is 31.1 Å². The molecular weight excluding hydrogens is 286 g/mol. The van der Waals surface area contributed by atoms with Crippen LogP contribution >= 0.6 is 11.5 Å². The first-order valence-electron chi connectivity index (χ1n) is 7.45. The lowest BCUT2D eigenvalue weighted by atomic mass is 10.3. The number of anilines is 1. The predicted molar refractivity (Wildman–Crippen MR) is 83.7 cm³/mol. The van der Waals surface area contributed by atoms with Crippen molar-refractivity contribution in [3.05, 3.63) is 18.5 Å². The van der Waals surface area contributed by atoms with Crippen molar-refractivity contribution in [1.29, 1.82) is 0 Å². The molecule has 0 atom stereocenters. The smallest absolute Gasteiger partial charge is 0.234 e. The van der Waals surface area contributed by atoms with Gasteiger partial charge in [0.15, 0.2) is 0 Å². The Kier molecular flexibility index (Phi) is 4.50. The fraction of sp³-hybridized carbons (Fsp3) is 0.643. The van der Waals surface area contributed by atoms with Gasteiger partial charge in [-0.15, -0.1) is 6.58 Å². The summed E-state index contributed by atoms with van der Waals surface area (Å²) in [6, 6.07) is 0. The second kappa shape index (κ2) is 6.53. The van der Waals surface area contributed by atoms with Crippen LogP contribution in [0.15, 0.2) is 12.7 Å². The molecule has 1 N–H and O–H groups in total. The largest absolute Gasteiger partial charge is 0.352 e. The molecule has 1 aromatic rings. The summed E-state index contributed by atoms with van der Waals surface area (Å²) < 4.78 is 4.46. The van der Waals surface area contributed by atoms with Crippen LogP contribution in [0.3, 0.4) is 0 Å². The molecule has 1 saturated heterocycles. The molecule has 1 aromatic heterocycles. The number of rotatable bonds is 6. The predicted octanol–water partition coefficient (Wildman–Crippen LogP) is 0.840. The molecule has 0 bridgehead atoms. The number of nitrogens with one attached hydrogen (secondary N) is 1. The van der Waals surface area contributed by atoms with Crippen LogP contribution in [0.5, 0.6) is 0 Å². The molecule has 6 nitrogen and oxygen atoms in total. The Morgan fingerprint density at radius 3 is 2.81 bits per heavy atom. The molecule has 0 radical (unpaired) electrons. The Labute approximate surface area is 129 Å². The van der Waals surface area contributed by atoms with Gasteiger partial charge in [0.1, 0.15) is 5.82 Å². The minimum absolute atomic E-state index is 0.0651.